The van der Waals surface area contributed by atoms with Gasteiger partial charge in [-0.3, -0.25) is 5.43 Å². The highest BCUT2D eigenvalue weighted by molar-refractivity contribution is 7.80. The van der Waals surface area contributed by atoms with Crippen LogP contribution in [-0.4, -0.2) is 15.9 Å². The van der Waals surface area contributed by atoms with Gasteiger partial charge in [0.2, 0.25) is 0 Å². The van der Waals surface area contributed by atoms with Gasteiger partial charge >= 0.3 is 0 Å². The first-order valence-corrected chi connectivity index (χ1v) is 9.74. The standard InChI is InChI=1S/C23H22N4S/c1-3-27-21-7-5-4-6-19(21)20-14-17(10-13-22(20)27)15-24-26-23(28)25-18-11-8-16(2)9-12-18/h4-15H,3H2,1-2H3,(H2,25,26,28). The van der Waals surface area contributed by atoms with Gasteiger partial charge in [0.05, 0.1) is 6.21 Å². The Morgan fingerprint density at radius 1 is 1.00 bits per heavy atom. The van der Waals surface area contributed by atoms with Crippen LogP contribution in [0.15, 0.2) is 71.8 Å². The second-order valence-electron chi connectivity index (χ2n) is 6.73. The zero-order valence-electron chi connectivity index (χ0n) is 15.9. The maximum atomic E-state index is 5.30. The number of anilines is 1. The van der Waals surface area contributed by atoms with E-state index in [-0.39, 0.29) is 0 Å². The molecule has 0 atom stereocenters. The van der Waals surface area contributed by atoms with Crippen LogP contribution in [0, 0.1) is 6.92 Å². The molecule has 0 bridgehead atoms. The summed E-state index contributed by atoms with van der Waals surface area (Å²) in [6.07, 6.45) is 1.79. The van der Waals surface area contributed by atoms with Gasteiger partial charge in [0.25, 0.3) is 0 Å². The number of aromatic nitrogens is 1. The van der Waals surface area contributed by atoms with Gasteiger partial charge < -0.3 is 9.88 Å². The molecule has 4 nitrogen and oxygen atoms in total. The normalized spacial score (nSPS) is 11.4. The fraction of sp³-hybridized carbons (Fsp3) is 0.130. The van der Waals surface area contributed by atoms with Crippen molar-refractivity contribution in [1.29, 1.82) is 0 Å². The number of benzene rings is 3. The highest BCUT2D eigenvalue weighted by atomic mass is 32.1. The third kappa shape index (κ3) is 3.62. The number of para-hydroxylation sites is 1. The lowest BCUT2D eigenvalue weighted by Gasteiger charge is -2.07. The van der Waals surface area contributed by atoms with E-state index in [2.05, 4.69) is 76.7 Å². The van der Waals surface area contributed by atoms with Crippen molar-refractivity contribution in [3.8, 4) is 0 Å². The quantitative estimate of drug-likeness (QED) is 0.279. The van der Waals surface area contributed by atoms with Gasteiger partial charge in [-0.1, -0.05) is 42.0 Å². The SMILES string of the molecule is CCn1c2ccccc2c2cc(C=NNC(=S)Nc3ccc(C)cc3)ccc21. The minimum atomic E-state index is 0.462. The molecule has 0 aliphatic rings. The van der Waals surface area contributed by atoms with Gasteiger partial charge in [-0.2, -0.15) is 5.10 Å². The lowest BCUT2D eigenvalue weighted by molar-refractivity contribution is 0.827. The summed E-state index contributed by atoms with van der Waals surface area (Å²) in [6.45, 7) is 5.17. The summed E-state index contributed by atoms with van der Waals surface area (Å²) in [7, 11) is 0. The third-order valence-corrected chi connectivity index (χ3v) is 5.00. The Bertz CT molecular complexity index is 1170. The Balaban J connectivity index is 1.52. The Morgan fingerprint density at radius 2 is 1.75 bits per heavy atom. The topological polar surface area (TPSA) is 41.4 Å². The summed E-state index contributed by atoms with van der Waals surface area (Å²) in [6, 6.07) is 23.0. The van der Waals surface area contributed by atoms with Crippen molar-refractivity contribution in [3.05, 3.63) is 77.9 Å². The van der Waals surface area contributed by atoms with Gasteiger partial charge in [-0.05, 0) is 62.0 Å². The van der Waals surface area contributed by atoms with Crippen molar-refractivity contribution < 1.29 is 0 Å². The van der Waals surface area contributed by atoms with E-state index in [1.54, 1.807) is 6.21 Å². The maximum Gasteiger partial charge on any atom is 0.191 e. The van der Waals surface area contributed by atoms with Gasteiger partial charge in [0.1, 0.15) is 0 Å². The van der Waals surface area contributed by atoms with E-state index in [0.29, 0.717) is 5.11 Å². The minimum absolute atomic E-state index is 0.462. The van der Waals surface area contributed by atoms with E-state index in [9.17, 15) is 0 Å². The maximum absolute atomic E-state index is 5.30. The van der Waals surface area contributed by atoms with Gasteiger partial charge in [0.15, 0.2) is 5.11 Å². The first kappa shape index (κ1) is 18.2. The predicted molar refractivity (Wildman–Crippen MR) is 123 cm³/mol. The summed E-state index contributed by atoms with van der Waals surface area (Å²) >= 11 is 5.30. The molecule has 4 rings (SSSR count). The van der Waals surface area contributed by atoms with Crippen molar-refractivity contribution in [1.82, 2.24) is 9.99 Å². The molecule has 3 aromatic carbocycles. The lowest BCUT2D eigenvalue weighted by Crippen LogP contribution is -2.23. The number of hydrogen-bond donors (Lipinski definition) is 2. The molecule has 1 aromatic heterocycles. The number of nitrogens with zero attached hydrogens (tertiary/aromatic N) is 2. The smallest absolute Gasteiger partial charge is 0.191 e. The highest BCUT2D eigenvalue weighted by Crippen LogP contribution is 2.29. The summed E-state index contributed by atoms with van der Waals surface area (Å²) in [4.78, 5) is 0. The van der Waals surface area contributed by atoms with E-state index >= 15 is 0 Å². The van der Waals surface area contributed by atoms with Gasteiger partial charge in [-0.15, -0.1) is 0 Å². The van der Waals surface area contributed by atoms with Crippen LogP contribution in [-0.2, 0) is 6.54 Å². The molecule has 0 saturated carbocycles. The number of aryl methyl sites for hydroxylation is 2. The Labute approximate surface area is 169 Å². The second-order valence-corrected chi connectivity index (χ2v) is 7.14. The number of thiocarbonyl (C=S) groups is 1. The summed E-state index contributed by atoms with van der Waals surface area (Å²) in [5.41, 5.74) is 8.55. The molecule has 5 heteroatoms. The van der Waals surface area contributed by atoms with Crippen LogP contribution < -0.4 is 10.7 Å². The molecule has 0 saturated heterocycles. The van der Waals surface area contributed by atoms with Crippen molar-refractivity contribution in [2.24, 2.45) is 5.10 Å². The van der Waals surface area contributed by atoms with E-state index < -0.39 is 0 Å². The zero-order chi connectivity index (χ0) is 19.5. The summed E-state index contributed by atoms with van der Waals surface area (Å²) in [5, 5.41) is 10.4. The van der Waals surface area contributed by atoms with Crippen LogP contribution in [0.1, 0.15) is 18.1 Å². The average molecular weight is 387 g/mol. The monoisotopic (exact) mass is 386 g/mol. The molecule has 0 spiro atoms. The minimum Gasteiger partial charge on any atom is -0.341 e. The third-order valence-electron chi connectivity index (χ3n) is 4.80. The van der Waals surface area contributed by atoms with E-state index in [1.165, 1.54) is 27.4 Å². The van der Waals surface area contributed by atoms with Crippen molar-refractivity contribution in [2.75, 3.05) is 5.32 Å². The molecule has 0 unspecified atom stereocenters. The van der Waals surface area contributed by atoms with Crippen LogP contribution in [0.5, 0.6) is 0 Å². The van der Waals surface area contributed by atoms with E-state index in [4.69, 9.17) is 12.2 Å². The summed E-state index contributed by atoms with van der Waals surface area (Å²) in [5.74, 6) is 0. The largest absolute Gasteiger partial charge is 0.341 e. The number of rotatable bonds is 4. The molecule has 0 amide bonds. The molecular formula is C23H22N4S. The Hall–Kier alpha value is -3.18. The average Bonchev–Trinajstić information content (AvgIpc) is 3.03. The molecule has 0 aliphatic carbocycles. The molecule has 1 heterocycles. The lowest BCUT2D eigenvalue weighted by atomic mass is 10.1. The van der Waals surface area contributed by atoms with E-state index in [0.717, 1.165) is 17.8 Å². The van der Waals surface area contributed by atoms with Crippen LogP contribution in [0.3, 0.4) is 0 Å². The number of hydrazone groups is 1. The second kappa shape index (κ2) is 7.82. The fourth-order valence-electron chi connectivity index (χ4n) is 3.45. The fourth-order valence-corrected chi connectivity index (χ4v) is 3.62. The van der Waals surface area contributed by atoms with Crippen molar-refractivity contribution in [3.63, 3.8) is 0 Å². The van der Waals surface area contributed by atoms with Crippen LogP contribution in [0.4, 0.5) is 5.69 Å². The van der Waals surface area contributed by atoms with Crippen LogP contribution >= 0.6 is 12.2 Å². The molecule has 0 fully saturated rings. The van der Waals surface area contributed by atoms with Crippen molar-refractivity contribution in [2.45, 2.75) is 20.4 Å². The van der Waals surface area contributed by atoms with Crippen LogP contribution in [0.25, 0.3) is 21.8 Å². The van der Waals surface area contributed by atoms with Crippen molar-refractivity contribution >= 4 is 51.0 Å². The highest BCUT2D eigenvalue weighted by Gasteiger charge is 2.09. The molecule has 28 heavy (non-hydrogen) atoms. The first-order chi connectivity index (χ1) is 13.7. The number of hydrogen-bond acceptors (Lipinski definition) is 2. The number of fused-ring (bicyclic) bond motifs is 3. The molecular weight excluding hydrogens is 364 g/mol. The Morgan fingerprint density at radius 3 is 2.54 bits per heavy atom. The molecule has 4 aromatic rings. The molecule has 0 radical (unpaired) electrons. The number of nitrogens with one attached hydrogen (secondary N) is 2. The Kier molecular flexibility index (Phi) is 5.08. The van der Waals surface area contributed by atoms with Gasteiger partial charge in [-0.25, -0.2) is 0 Å². The molecule has 2 N–H and O–H groups in total. The van der Waals surface area contributed by atoms with Crippen LogP contribution in [0.2, 0.25) is 0 Å². The van der Waals surface area contributed by atoms with Gasteiger partial charge in [0, 0.05) is 34.0 Å². The first-order valence-electron chi connectivity index (χ1n) is 9.33. The summed E-state index contributed by atoms with van der Waals surface area (Å²) < 4.78 is 2.34. The predicted octanol–water partition coefficient (Wildman–Crippen LogP) is 5.44. The zero-order valence-corrected chi connectivity index (χ0v) is 16.8. The molecule has 0 aliphatic heterocycles. The van der Waals surface area contributed by atoms with E-state index in [1.807, 2.05) is 24.3 Å². The molecule has 140 valence electrons.